The van der Waals surface area contributed by atoms with Gasteiger partial charge in [-0.25, -0.2) is 0 Å². The molecular weight excluding hydrogens is 262 g/mol. The lowest BCUT2D eigenvalue weighted by Gasteiger charge is -2.13. The van der Waals surface area contributed by atoms with E-state index in [0.29, 0.717) is 0 Å². The van der Waals surface area contributed by atoms with Gasteiger partial charge in [-0.3, -0.25) is 0 Å². The molecule has 0 aliphatic carbocycles. The lowest BCUT2D eigenvalue weighted by atomic mass is 9.98. The normalized spacial score (nSPS) is 11.3. The summed E-state index contributed by atoms with van der Waals surface area (Å²) < 4.78 is 11.2. The molecule has 1 aromatic heterocycles. The fraction of sp³-hybridized carbons (Fsp3) is 0.111. The Hall–Kier alpha value is -2.68. The third kappa shape index (κ3) is 1.61. The molecule has 0 saturated heterocycles. The van der Waals surface area contributed by atoms with Gasteiger partial charge in [-0.05, 0) is 23.6 Å². The lowest BCUT2D eigenvalue weighted by Crippen LogP contribution is -1.91. The molecule has 0 amide bonds. The highest BCUT2D eigenvalue weighted by Gasteiger charge is 2.14. The van der Waals surface area contributed by atoms with E-state index in [1.54, 1.807) is 14.2 Å². The maximum atomic E-state index is 5.63. The Morgan fingerprint density at radius 2 is 1.57 bits per heavy atom. The molecule has 0 saturated carbocycles. The number of benzene rings is 3. The minimum absolute atomic E-state index is 0.877. The summed E-state index contributed by atoms with van der Waals surface area (Å²) in [6.07, 6.45) is 1.95. The zero-order valence-corrected chi connectivity index (χ0v) is 11.9. The Labute approximate surface area is 122 Å². The number of ether oxygens (including phenoxy) is 2. The molecule has 1 N–H and O–H groups in total. The topological polar surface area (TPSA) is 34.2 Å². The second-order valence-corrected chi connectivity index (χ2v) is 5.07. The number of hydrogen-bond acceptors (Lipinski definition) is 2. The minimum Gasteiger partial charge on any atom is -0.496 e. The van der Waals surface area contributed by atoms with Gasteiger partial charge in [0.05, 0.1) is 19.7 Å². The van der Waals surface area contributed by atoms with Crippen LogP contribution < -0.4 is 9.47 Å². The van der Waals surface area contributed by atoms with Crippen molar-refractivity contribution < 1.29 is 9.47 Å². The molecule has 0 aliphatic heterocycles. The minimum atomic E-state index is 0.877. The van der Waals surface area contributed by atoms with Gasteiger partial charge < -0.3 is 14.5 Å². The Kier molecular flexibility index (Phi) is 2.54. The Morgan fingerprint density at radius 3 is 2.33 bits per heavy atom. The van der Waals surface area contributed by atoms with Crippen molar-refractivity contribution in [3.05, 3.63) is 48.7 Å². The molecule has 0 radical (unpaired) electrons. The summed E-state index contributed by atoms with van der Waals surface area (Å²) in [6.45, 7) is 0. The van der Waals surface area contributed by atoms with E-state index in [1.165, 1.54) is 0 Å². The molecule has 0 fully saturated rings. The van der Waals surface area contributed by atoms with Gasteiger partial charge >= 0.3 is 0 Å². The second-order valence-electron chi connectivity index (χ2n) is 5.07. The van der Waals surface area contributed by atoms with Gasteiger partial charge in [0.25, 0.3) is 0 Å². The molecule has 1 heterocycles. The van der Waals surface area contributed by atoms with Crippen LogP contribution in [0.3, 0.4) is 0 Å². The van der Waals surface area contributed by atoms with Gasteiger partial charge in [0.2, 0.25) is 0 Å². The van der Waals surface area contributed by atoms with Crippen molar-refractivity contribution in [1.82, 2.24) is 4.98 Å². The molecule has 21 heavy (non-hydrogen) atoms. The van der Waals surface area contributed by atoms with E-state index in [4.69, 9.17) is 9.47 Å². The molecule has 3 aromatic carbocycles. The highest BCUT2D eigenvalue weighted by molar-refractivity contribution is 6.20. The molecule has 104 valence electrons. The van der Waals surface area contributed by atoms with Crippen LogP contribution in [0.2, 0.25) is 0 Å². The van der Waals surface area contributed by atoms with E-state index in [9.17, 15) is 0 Å². The van der Waals surface area contributed by atoms with E-state index in [1.807, 2.05) is 18.3 Å². The van der Waals surface area contributed by atoms with Crippen molar-refractivity contribution in [2.24, 2.45) is 0 Å². The number of hydrogen-bond donors (Lipinski definition) is 1. The van der Waals surface area contributed by atoms with Gasteiger partial charge in [-0.1, -0.05) is 24.3 Å². The predicted octanol–water partition coefficient (Wildman–Crippen LogP) is 4.49. The molecule has 3 heteroatoms. The standard InChI is InChI=1S/C18H15NO2/c1-20-15-10-14-17(13-6-4-3-5-12(13)15)16(21-2)9-11-7-8-19-18(11)14/h3-10,19H,1-2H3. The quantitative estimate of drug-likeness (QED) is 0.548. The number of rotatable bonds is 2. The van der Waals surface area contributed by atoms with Gasteiger partial charge in [-0.2, -0.15) is 0 Å². The Morgan fingerprint density at radius 1 is 0.810 bits per heavy atom. The van der Waals surface area contributed by atoms with Crippen LogP contribution in [0.15, 0.2) is 48.7 Å². The molecule has 4 rings (SSSR count). The largest absolute Gasteiger partial charge is 0.496 e. The Bertz CT molecular complexity index is 969. The number of aromatic nitrogens is 1. The van der Waals surface area contributed by atoms with E-state index in [0.717, 1.165) is 43.9 Å². The average Bonchev–Trinajstić information content (AvgIpc) is 3.01. The zero-order valence-electron chi connectivity index (χ0n) is 11.9. The van der Waals surface area contributed by atoms with Crippen molar-refractivity contribution in [3.8, 4) is 11.5 Å². The molecule has 0 unspecified atom stereocenters. The molecule has 0 aliphatic rings. The highest BCUT2D eigenvalue weighted by Crippen LogP contribution is 2.41. The van der Waals surface area contributed by atoms with Crippen LogP contribution in [-0.4, -0.2) is 19.2 Å². The number of aromatic amines is 1. The van der Waals surface area contributed by atoms with Crippen LogP contribution in [0.4, 0.5) is 0 Å². The fourth-order valence-electron chi connectivity index (χ4n) is 3.08. The lowest BCUT2D eigenvalue weighted by molar-refractivity contribution is 0.418. The average molecular weight is 277 g/mol. The van der Waals surface area contributed by atoms with Gasteiger partial charge in [0.15, 0.2) is 0 Å². The van der Waals surface area contributed by atoms with Crippen molar-refractivity contribution in [2.75, 3.05) is 14.2 Å². The second kappa shape index (κ2) is 4.42. The number of H-pyrrole nitrogens is 1. The molecular formula is C18H15NO2. The SMILES string of the molecule is COc1cc2c3[nH]ccc3cc(OC)c2c2ccccc12. The van der Waals surface area contributed by atoms with Crippen molar-refractivity contribution in [3.63, 3.8) is 0 Å². The van der Waals surface area contributed by atoms with E-state index >= 15 is 0 Å². The van der Waals surface area contributed by atoms with E-state index in [2.05, 4.69) is 35.3 Å². The van der Waals surface area contributed by atoms with Crippen LogP contribution in [-0.2, 0) is 0 Å². The fourth-order valence-corrected chi connectivity index (χ4v) is 3.08. The van der Waals surface area contributed by atoms with Crippen LogP contribution in [0.5, 0.6) is 11.5 Å². The van der Waals surface area contributed by atoms with Crippen molar-refractivity contribution in [1.29, 1.82) is 0 Å². The number of nitrogens with one attached hydrogen (secondary N) is 1. The van der Waals surface area contributed by atoms with Crippen molar-refractivity contribution >= 4 is 32.4 Å². The smallest absolute Gasteiger partial charge is 0.128 e. The summed E-state index contributed by atoms with van der Waals surface area (Å²) in [4.78, 5) is 3.32. The molecule has 3 nitrogen and oxygen atoms in total. The first-order valence-corrected chi connectivity index (χ1v) is 6.87. The third-order valence-electron chi connectivity index (χ3n) is 4.03. The van der Waals surface area contributed by atoms with Crippen molar-refractivity contribution in [2.45, 2.75) is 0 Å². The Balaban J connectivity index is 2.34. The summed E-state index contributed by atoms with van der Waals surface area (Å²) in [7, 11) is 3.42. The number of methoxy groups -OCH3 is 2. The summed E-state index contributed by atoms with van der Waals surface area (Å²) >= 11 is 0. The van der Waals surface area contributed by atoms with Crippen LogP contribution in [0.1, 0.15) is 0 Å². The molecule has 0 spiro atoms. The van der Waals surface area contributed by atoms with Gasteiger partial charge in [0, 0.05) is 27.7 Å². The molecule has 0 bridgehead atoms. The van der Waals surface area contributed by atoms with Gasteiger partial charge in [0.1, 0.15) is 11.5 Å². The first-order chi connectivity index (χ1) is 10.3. The monoisotopic (exact) mass is 277 g/mol. The van der Waals surface area contributed by atoms with E-state index < -0.39 is 0 Å². The first-order valence-electron chi connectivity index (χ1n) is 6.87. The predicted molar refractivity (Wildman–Crippen MR) is 86.4 cm³/mol. The maximum absolute atomic E-state index is 5.63. The third-order valence-corrected chi connectivity index (χ3v) is 4.03. The maximum Gasteiger partial charge on any atom is 0.128 e. The van der Waals surface area contributed by atoms with Crippen LogP contribution in [0, 0.1) is 0 Å². The van der Waals surface area contributed by atoms with Crippen LogP contribution >= 0.6 is 0 Å². The first kappa shape index (κ1) is 12.1. The summed E-state index contributed by atoms with van der Waals surface area (Å²) in [5, 5.41) is 5.60. The summed E-state index contributed by atoms with van der Waals surface area (Å²) in [5.74, 6) is 1.76. The summed E-state index contributed by atoms with van der Waals surface area (Å²) in [5.41, 5.74) is 1.11. The number of fused-ring (bicyclic) bond motifs is 5. The van der Waals surface area contributed by atoms with E-state index in [-0.39, 0.29) is 0 Å². The summed E-state index contributed by atoms with van der Waals surface area (Å²) in [6, 6.07) is 14.5. The highest BCUT2D eigenvalue weighted by atomic mass is 16.5. The molecule has 0 atom stereocenters. The van der Waals surface area contributed by atoms with Crippen LogP contribution in [0.25, 0.3) is 32.4 Å². The van der Waals surface area contributed by atoms with Gasteiger partial charge in [-0.15, -0.1) is 0 Å². The zero-order chi connectivity index (χ0) is 14.4. The molecule has 4 aromatic rings.